The molecule has 1 N–H and O–H groups in total. The number of aromatic nitrogens is 2. The molecule has 0 unspecified atom stereocenters. The van der Waals surface area contributed by atoms with Crippen LogP contribution in [0.5, 0.6) is 0 Å². The Morgan fingerprint density at radius 1 is 1.41 bits per heavy atom. The molecule has 1 aromatic heterocycles. The van der Waals surface area contributed by atoms with Gasteiger partial charge in [-0.2, -0.15) is 0 Å². The van der Waals surface area contributed by atoms with Gasteiger partial charge in [-0.05, 0) is 11.6 Å². The third-order valence-electron chi connectivity index (χ3n) is 3.20. The molecular weight excluding hydrogens is 289 g/mol. The van der Waals surface area contributed by atoms with Gasteiger partial charge in [0.05, 0.1) is 31.7 Å². The number of aryl methyl sites for hydroxylation is 1. The highest BCUT2D eigenvalue weighted by molar-refractivity contribution is 5.86. The number of rotatable bonds is 5. The van der Waals surface area contributed by atoms with Crippen LogP contribution in [0, 0.1) is 5.82 Å². The maximum Gasteiger partial charge on any atom is 0.334 e. The van der Waals surface area contributed by atoms with Gasteiger partial charge in [0.2, 0.25) is 5.91 Å². The number of ether oxygens (including phenoxy) is 1. The van der Waals surface area contributed by atoms with Crippen molar-refractivity contribution in [2.75, 3.05) is 7.11 Å². The average molecular weight is 305 g/mol. The van der Waals surface area contributed by atoms with Gasteiger partial charge in [0.1, 0.15) is 5.82 Å². The van der Waals surface area contributed by atoms with Gasteiger partial charge in [-0.1, -0.05) is 18.2 Å². The quantitative estimate of drug-likeness (QED) is 0.841. The van der Waals surface area contributed by atoms with Crippen LogP contribution in [-0.4, -0.2) is 28.5 Å². The van der Waals surface area contributed by atoms with Crippen LogP contribution in [0.1, 0.15) is 17.3 Å². The fourth-order valence-corrected chi connectivity index (χ4v) is 2.04. The van der Waals surface area contributed by atoms with Crippen molar-refractivity contribution in [1.82, 2.24) is 14.9 Å². The molecule has 0 aliphatic carbocycles. The van der Waals surface area contributed by atoms with Crippen LogP contribution in [0.4, 0.5) is 4.39 Å². The van der Waals surface area contributed by atoms with Crippen LogP contribution in [0.15, 0.2) is 36.8 Å². The third-order valence-corrected chi connectivity index (χ3v) is 3.20. The molecule has 0 aliphatic rings. The number of carbonyl (C=O) groups is 2. The first-order valence-corrected chi connectivity index (χ1v) is 6.59. The van der Waals surface area contributed by atoms with E-state index in [9.17, 15) is 14.0 Å². The predicted molar refractivity (Wildman–Crippen MR) is 76.2 cm³/mol. The monoisotopic (exact) mass is 305 g/mol. The first kappa shape index (κ1) is 15.7. The highest BCUT2D eigenvalue weighted by Crippen LogP contribution is 2.14. The second-order valence-corrected chi connectivity index (χ2v) is 4.72. The van der Waals surface area contributed by atoms with Crippen molar-refractivity contribution in [2.24, 2.45) is 7.05 Å². The minimum atomic E-state index is -0.989. The number of esters is 1. The van der Waals surface area contributed by atoms with E-state index in [2.05, 4.69) is 10.3 Å². The standard InChI is InChI=1S/C15H16FN3O3/c1-19-9-17-8-12(19)14(15(21)22-2)18-13(20)7-10-5-3-4-6-11(10)16/h3-6,8-9,14H,7H2,1-2H3,(H,18,20)/t14-/m0/s1. The van der Waals surface area contributed by atoms with Crippen molar-refractivity contribution in [1.29, 1.82) is 0 Å². The molecule has 0 saturated heterocycles. The molecule has 0 saturated carbocycles. The first-order chi connectivity index (χ1) is 10.5. The third kappa shape index (κ3) is 3.49. The zero-order valence-corrected chi connectivity index (χ0v) is 12.2. The molecule has 0 fully saturated rings. The summed E-state index contributed by atoms with van der Waals surface area (Å²) in [5, 5.41) is 2.55. The number of carbonyl (C=O) groups excluding carboxylic acids is 2. The highest BCUT2D eigenvalue weighted by Gasteiger charge is 2.26. The Morgan fingerprint density at radius 3 is 2.73 bits per heavy atom. The number of hydrogen-bond donors (Lipinski definition) is 1. The largest absolute Gasteiger partial charge is 0.467 e. The first-order valence-electron chi connectivity index (χ1n) is 6.59. The van der Waals surface area contributed by atoms with Crippen LogP contribution in [0.3, 0.4) is 0 Å². The van der Waals surface area contributed by atoms with E-state index < -0.39 is 23.7 Å². The highest BCUT2D eigenvalue weighted by atomic mass is 19.1. The zero-order chi connectivity index (χ0) is 16.1. The Labute approximate surface area is 126 Å². The fraction of sp³-hybridized carbons (Fsp3) is 0.267. The molecule has 6 nitrogen and oxygen atoms in total. The average Bonchev–Trinajstić information content (AvgIpc) is 2.92. The van der Waals surface area contributed by atoms with Gasteiger partial charge in [0, 0.05) is 7.05 Å². The summed E-state index contributed by atoms with van der Waals surface area (Å²) in [4.78, 5) is 27.9. The van der Waals surface area contributed by atoms with Gasteiger partial charge in [-0.25, -0.2) is 14.2 Å². The smallest absolute Gasteiger partial charge is 0.334 e. The number of nitrogens with one attached hydrogen (secondary N) is 1. The van der Waals surface area contributed by atoms with Crippen molar-refractivity contribution >= 4 is 11.9 Å². The maximum atomic E-state index is 13.6. The fourth-order valence-electron chi connectivity index (χ4n) is 2.04. The van der Waals surface area contributed by atoms with E-state index in [1.807, 2.05) is 0 Å². The van der Waals surface area contributed by atoms with Crippen LogP contribution in [0.2, 0.25) is 0 Å². The van der Waals surface area contributed by atoms with E-state index in [1.54, 1.807) is 23.7 Å². The molecule has 116 valence electrons. The van der Waals surface area contributed by atoms with Crippen molar-refractivity contribution in [2.45, 2.75) is 12.5 Å². The van der Waals surface area contributed by atoms with Crippen molar-refractivity contribution in [3.05, 3.63) is 53.9 Å². The summed E-state index contributed by atoms with van der Waals surface area (Å²) in [6.45, 7) is 0. The predicted octanol–water partition coefficient (Wildman–Crippen LogP) is 1.13. The molecule has 0 aliphatic heterocycles. The van der Waals surface area contributed by atoms with Gasteiger partial charge < -0.3 is 14.6 Å². The van der Waals surface area contributed by atoms with Crippen LogP contribution < -0.4 is 5.32 Å². The lowest BCUT2D eigenvalue weighted by Gasteiger charge is -2.17. The Kier molecular flexibility index (Phi) is 4.88. The molecule has 1 aromatic carbocycles. The maximum absolute atomic E-state index is 13.6. The van der Waals surface area contributed by atoms with Crippen LogP contribution in [0.25, 0.3) is 0 Å². The number of nitrogens with zero attached hydrogens (tertiary/aromatic N) is 2. The Morgan fingerprint density at radius 2 is 2.14 bits per heavy atom. The second-order valence-electron chi connectivity index (χ2n) is 4.72. The van der Waals surface area contributed by atoms with Crippen LogP contribution >= 0.6 is 0 Å². The summed E-state index contributed by atoms with van der Waals surface area (Å²) < 4.78 is 19.9. The van der Waals surface area contributed by atoms with E-state index in [0.29, 0.717) is 5.69 Å². The summed E-state index contributed by atoms with van der Waals surface area (Å²) in [5.41, 5.74) is 0.738. The summed E-state index contributed by atoms with van der Waals surface area (Å²) in [5.74, 6) is -1.57. The molecule has 0 bridgehead atoms. The molecule has 7 heteroatoms. The number of hydrogen-bond acceptors (Lipinski definition) is 4. The van der Waals surface area contributed by atoms with E-state index in [0.717, 1.165) is 0 Å². The van der Waals surface area contributed by atoms with E-state index in [-0.39, 0.29) is 12.0 Å². The number of benzene rings is 1. The van der Waals surface area contributed by atoms with Gasteiger partial charge in [0.25, 0.3) is 0 Å². The van der Waals surface area contributed by atoms with E-state index >= 15 is 0 Å². The Balaban J connectivity index is 2.14. The lowest BCUT2D eigenvalue weighted by Crippen LogP contribution is -2.36. The molecule has 1 atom stereocenters. The summed E-state index contributed by atoms with van der Waals surface area (Å²) >= 11 is 0. The molecular formula is C15H16FN3O3. The van der Waals surface area contributed by atoms with Crippen molar-refractivity contribution in [3.8, 4) is 0 Å². The summed E-state index contributed by atoms with van der Waals surface area (Å²) in [6, 6.07) is 5.00. The molecule has 2 aromatic rings. The van der Waals surface area contributed by atoms with E-state index in [1.165, 1.54) is 31.8 Å². The molecule has 22 heavy (non-hydrogen) atoms. The van der Waals surface area contributed by atoms with Gasteiger partial charge >= 0.3 is 5.97 Å². The number of methoxy groups -OCH3 is 1. The topological polar surface area (TPSA) is 73.2 Å². The minimum absolute atomic E-state index is 0.169. The SMILES string of the molecule is COC(=O)[C@@H](NC(=O)Cc1ccccc1F)c1cncn1C. The molecule has 2 rings (SSSR count). The van der Waals surface area contributed by atoms with Crippen LogP contribution in [-0.2, 0) is 27.8 Å². The van der Waals surface area contributed by atoms with Gasteiger partial charge in [-0.3, -0.25) is 4.79 Å². The zero-order valence-electron chi connectivity index (χ0n) is 12.2. The van der Waals surface area contributed by atoms with Gasteiger partial charge in [-0.15, -0.1) is 0 Å². The van der Waals surface area contributed by atoms with Gasteiger partial charge in [0.15, 0.2) is 6.04 Å². The summed E-state index contributed by atoms with van der Waals surface area (Å²) in [6.07, 6.45) is 2.80. The summed E-state index contributed by atoms with van der Waals surface area (Å²) in [7, 11) is 2.93. The second kappa shape index (κ2) is 6.84. The minimum Gasteiger partial charge on any atom is -0.467 e. The molecule has 1 heterocycles. The molecule has 1 amide bonds. The lowest BCUT2D eigenvalue weighted by atomic mass is 10.1. The van der Waals surface area contributed by atoms with Crippen molar-refractivity contribution < 1.29 is 18.7 Å². The number of halogens is 1. The molecule has 0 radical (unpaired) electrons. The number of amides is 1. The lowest BCUT2D eigenvalue weighted by molar-refractivity contribution is -0.145. The molecule has 0 spiro atoms. The van der Waals surface area contributed by atoms with E-state index in [4.69, 9.17) is 4.74 Å². The normalized spacial score (nSPS) is 11.8. The Hall–Kier alpha value is -2.70. The Bertz CT molecular complexity index is 684. The van der Waals surface area contributed by atoms with Crippen molar-refractivity contribution in [3.63, 3.8) is 0 Å². The number of imidazole rings is 1.